The van der Waals surface area contributed by atoms with Crippen molar-refractivity contribution >= 4 is 26.8 Å². The van der Waals surface area contributed by atoms with E-state index in [0.717, 1.165) is 37.5 Å². The van der Waals surface area contributed by atoms with Gasteiger partial charge in [0, 0.05) is 47.9 Å². The molecule has 3 N–H and O–H groups in total. The maximum atomic E-state index is 14.5. The predicted octanol–water partition coefficient (Wildman–Crippen LogP) is 5.55. The Morgan fingerprint density at radius 2 is 1.35 bits per heavy atom. The number of unbranched alkanes of at least 4 members (excludes halogenated alkanes) is 6. The number of hydrogen-bond acceptors (Lipinski definition) is 14. The Hall–Kier alpha value is -3.65. The highest BCUT2D eigenvalue weighted by atomic mass is 32.2. The van der Waals surface area contributed by atoms with Gasteiger partial charge in [0.2, 0.25) is 0 Å². The number of aliphatic hydroxyl groups is 1. The molecule has 3 aliphatic rings. The quantitative estimate of drug-likeness (QED) is 0.0438. The maximum absolute atomic E-state index is 14.5. The second kappa shape index (κ2) is 20.1. The van der Waals surface area contributed by atoms with Gasteiger partial charge in [0.25, 0.3) is 21.2 Å². The van der Waals surface area contributed by atoms with Gasteiger partial charge >= 0.3 is 11.4 Å². The summed E-state index contributed by atoms with van der Waals surface area (Å²) < 4.78 is 63.6. The fourth-order valence-corrected chi connectivity index (χ4v) is 11.7. The van der Waals surface area contributed by atoms with E-state index in [9.17, 15) is 32.7 Å². The number of hydrogen-bond donors (Lipinski definition) is 2. The van der Waals surface area contributed by atoms with Crippen molar-refractivity contribution < 1.29 is 36.0 Å². The van der Waals surface area contributed by atoms with Crippen LogP contribution in [0, 0.1) is 13.8 Å². The van der Waals surface area contributed by atoms with Gasteiger partial charge in [-0.2, -0.15) is 8.42 Å². The number of azide groups is 1. The number of aliphatic hydroxyl groups excluding tert-OH is 1. The van der Waals surface area contributed by atoms with Gasteiger partial charge in [0.05, 0.1) is 36.5 Å². The zero-order valence-corrected chi connectivity index (χ0v) is 43.6. The van der Waals surface area contributed by atoms with Crippen molar-refractivity contribution in [3.63, 3.8) is 0 Å². The lowest BCUT2D eigenvalue weighted by Crippen LogP contribution is -2.59. The number of nitrogens with two attached hydrogens (primary N) is 1. The molecule has 370 valence electrons. The van der Waals surface area contributed by atoms with Gasteiger partial charge in [-0.05, 0) is 68.5 Å². The minimum atomic E-state index is -4.29. The highest BCUT2D eigenvalue weighted by molar-refractivity contribution is 7.90. The summed E-state index contributed by atoms with van der Waals surface area (Å²) in [6, 6.07) is -0.643. The van der Waals surface area contributed by atoms with Crippen molar-refractivity contribution in [1.82, 2.24) is 18.3 Å². The molecule has 2 aromatic rings. The van der Waals surface area contributed by atoms with Gasteiger partial charge in [-0.15, -0.1) is 0 Å². The molecule has 0 aromatic carbocycles. The molecule has 0 saturated carbocycles. The Balaban J connectivity index is 1.28. The van der Waals surface area contributed by atoms with Crippen LogP contribution in [-0.4, -0.2) is 91.6 Å². The van der Waals surface area contributed by atoms with Crippen molar-refractivity contribution in [3.8, 4) is 0 Å². The summed E-state index contributed by atoms with van der Waals surface area (Å²) in [5.74, 6) is 0. The van der Waals surface area contributed by atoms with E-state index in [0.29, 0.717) is 18.4 Å². The zero-order chi connectivity index (χ0) is 49.4. The third-order valence-corrected chi connectivity index (χ3v) is 24.2. The van der Waals surface area contributed by atoms with Crippen molar-refractivity contribution in [2.75, 3.05) is 13.2 Å². The lowest BCUT2D eigenvalue weighted by atomic mass is 9.89. The van der Waals surface area contributed by atoms with Gasteiger partial charge in [-0.1, -0.05) is 78.8 Å². The van der Waals surface area contributed by atoms with Crippen LogP contribution in [0.25, 0.3) is 10.4 Å². The number of aromatic nitrogens is 4. The fraction of sp³-hybridized carbons (Fsp3) is 0.767. The average Bonchev–Trinajstić information content (AvgIpc) is 3.83. The minimum absolute atomic E-state index is 0.0875. The molecule has 1 spiro atoms. The van der Waals surface area contributed by atoms with Crippen molar-refractivity contribution in [2.45, 2.75) is 199 Å². The van der Waals surface area contributed by atoms with E-state index in [-0.39, 0.29) is 59.6 Å². The second-order valence-electron chi connectivity index (χ2n) is 21.0. The van der Waals surface area contributed by atoms with E-state index < -0.39 is 86.1 Å². The lowest BCUT2D eigenvalue weighted by Gasteiger charge is -2.43. The smallest absolute Gasteiger partial charge is 0.333 e. The largest absolute Gasteiger partial charge is 0.414 e. The van der Waals surface area contributed by atoms with E-state index in [1.807, 2.05) is 33.9 Å². The first-order valence-corrected chi connectivity index (χ1v) is 30.2. The van der Waals surface area contributed by atoms with Crippen molar-refractivity contribution in [2.24, 2.45) is 10.8 Å². The Labute approximate surface area is 389 Å². The van der Waals surface area contributed by atoms with Crippen LogP contribution in [0.15, 0.2) is 47.8 Å². The molecule has 2 fully saturated rings. The number of aryl methyl sites for hydroxylation is 2. The molecule has 2 saturated heterocycles. The third-order valence-electron chi connectivity index (χ3n) is 14.2. The molecule has 23 heteroatoms. The Bertz CT molecular complexity index is 2540. The monoisotopic (exact) mass is 980 g/mol. The first kappa shape index (κ1) is 53.3. The molecule has 7 atom stereocenters. The van der Waals surface area contributed by atoms with Crippen molar-refractivity contribution in [1.29, 1.82) is 0 Å². The van der Waals surface area contributed by atoms with E-state index in [2.05, 4.69) is 43.9 Å². The average molecular weight is 981 g/mol. The lowest BCUT2D eigenvalue weighted by molar-refractivity contribution is -0.0567. The van der Waals surface area contributed by atoms with Crippen LogP contribution in [0.2, 0.25) is 36.3 Å². The van der Waals surface area contributed by atoms with E-state index >= 15 is 0 Å². The van der Waals surface area contributed by atoms with Gasteiger partial charge in [0.15, 0.2) is 28.5 Å². The third kappa shape index (κ3) is 10.9. The summed E-state index contributed by atoms with van der Waals surface area (Å²) in [5, 5.41) is 13.7. The second-order valence-corrected chi connectivity index (χ2v) is 32.0. The predicted molar refractivity (Wildman–Crippen MR) is 254 cm³/mol. The summed E-state index contributed by atoms with van der Waals surface area (Å²) in [4.78, 5) is 57.3. The van der Waals surface area contributed by atoms with Gasteiger partial charge in [0.1, 0.15) is 18.4 Å². The topological polar surface area (TPSA) is 263 Å². The van der Waals surface area contributed by atoms with Crippen LogP contribution >= 0.6 is 0 Å². The first-order valence-electron chi connectivity index (χ1n) is 22.9. The molecule has 5 heterocycles. The summed E-state index contributed by atoms with van der Waals surface area (Å²) in [7, 11) is -9.50. The van der Waals surface area contributed by atoms with Crippen LogP contribution in [0.4, 0.5) is 0 Å². The summed E-state index contributed by atoms with van der Waals surface area (Å²) in [5.41, 5.74) is 12.2. The van der Waals surface area contributed by atoms with Gasteiger partial charge in [-0.3, -0.25) is 27.9 Å². The highest BCUT2D eigenvalue weighted by Crippen LogP contribution is 2.52. The fourth-order valence-electron chi connectivity index (χ4n) is 8.18. The zero-order valence-electron chi connectivity index (χ0n) is 40.7. The molecule has 66 heavy (non-hydrogen) atoms. The molecule has 0 amide bonds. The van der Waals surface area contributed by atoms with Crippen LogP contribution in [-0.2, 0) is 45.7 Å². The standard InChI is InChI=1S/C43H72N8O12SSi2/c1-28-23-50(34-22-30(46-47-45)31(25-52)60-34)39(55)48(36(28)53)20-18-16-14-13-15-17-19-21-49-37(54)29(2)24-51(40(49)56)38-35(62-66(11,12)42(6,7)8)43(32(44)27-64(57,58)63-43)33(61-38)26-59-65(9,10)41(3,4)5/h23-24,27,30-31,33-35,38,52H,13-22,25-26,44H2,1-12H3. The first-order chi connectivity index (χ1) is 30.5. The molecule has 0 radical (unpaired) electrons. The van der Waals surface area contributed by atoms with E-state index in [4.69, 9.17) is 33.8 Å². The Morgan fingerprint density at radius 3 is 1.82 bits per heavy atom. The number of nitrogens with zero attached hydrogens (tertiary/aromatic N) is 7. The molecule has 0 aliphatic carbocycles. The molecular weight excluding hydrogens is 909 g/mol. The molecule has 20 nitrogen and oxygen atoms in total. The van der Waals surface area contributed by atoms with Crippen LogP contribution < -0.4 is 28.2 Å². The molecule has 2 aromatic heterocycles. The molecule has 7 unspecified atom stereocenters. The number of rotatable bonds is 19. The molecule has 3 aliphatic heterocycles. The minimum Gasteiger partial charge on any atom is -0.414 e. The maximum Gasteiger partial charge on any atom is 0.333 e. The van der Waals surface area contributed by atoms with E-state index in [1.165, 1.54) is 30.7 Å². The highest BCUT2D eigenvalue weighted by Gasteiger charge is 2.67. The van der Waals surface area contributed by atoms with Gasteiger partial charge < -0.3 is 29.2 Å². The van der Waals surface area contributed by atoms with Crippen LogP contribution in [0.3, 0.4) is 0 Å². The SMILES string of the molecule is Cc1cn(C2CC(N=[N+]=[N-])C(CO)O2)c(=O)n(CCCCCCCCCn2c(=O)c(C)cn(C3OC(CO[Si](C)(C)C(C)(C)C)C4(OS(=O)(=O)C=C4N)C3O[Si](C)(C)C(C)(C)C)c2=O)c1=O. The summed E-state index contributed by atoms with van der Waals surface area (Å²) >= 11 is 0. The summed E-state index contributed by atoms with van der Waals surface area (Å²) in [6.07, 6.45) is 3.02. The Kier molecular flexibility index (Phi) is 16.3. The number of ether oxygens (including phenoxy) is 2. The van der Waals surface area contributed by atoms with Gasteiger partial charge in [-0.25, -0.2) is 13.8 Å². The molecule has 0 bridgehead atoms. The molecular formula is C43H72N8O12SSi2. The van der Waals surface area contributed by atoms with Crippen LogP contribution in [0.5, 0.6) is 0 Å². The van der Waals surface area contributed by atoms with Crippen LogP contribution in [0.1, 0.15) is 116 Å². The van der Waals surface area contributed by atoms with Crippen molar-refractivity contribution in [3.05, 3.63) is 86.7 Å². The molecule has 5 rings (SSSR count). The summed E-state index contributed by atoms with van der Waals surface area (Å²) in [6.45, 7) is 23.6. The normalized spacial score (nSPS) is 25.7. The van der Waals surface area contributed by atoms with E-state index in [1.54, 1.807) is 13.8 Å². The Morgan fingerprint density at radius 1 is 0.848 bits per heavy atom.